The number of nitrogens with two attached hydrogens (primary N) is 1. The average molecular weight is 282 g/mol. The van der Waals surface area contributed by atoms with Crippen LogP contribution in [0, 0.1) is 11.8 Å². The van der Waals surface area contributed by atoms with E-state index in [1.807, 2.05) is 0 Å². The largest absolute Gasteiger partial charge is 0.378 e. The highest BCUT2D eigenvalue weighted by Crippen LogP contribution is 2.40. The number of hydrogen-bond acceptors (Lipinski definition) is 3. The standard InChI is InChI=1S/C17H34N2O/c1-4-16-12-20-9-8-19(16)17(13-18)7-5-6-15(11-17)10-14(2)3/h14-16H,4-13,18H2,1-3H3. The minimum atomic E-state index is 0.252. The zero-order chi connectivity index (χ0) is 14.6. The van der Waals surface area contributed by atoms with Gasteiger partial charge in [-0.15, -0.1) is 0 Å². The van der Waals surface area contributed by atoms with Gasteiger partial charge in [0.2, 0.25) is 0 Å². The summed E-state index contributed by atoms with van der Waals surface area (Å²) < 4.78 is 5.69. The first-order chi connectivity index (χ1) is 9.61. The van der Waals surface area contributed by atoms with Crippen LogP contribution in [0.25, 0.3) is 0 Å². The van der Waals surface area contributed by atoms with Crippen molar-refractivity contribution in [3.8, 4) is 0 Å². The maximum absolute atomic E-state index is 6.30. The van der Waals surface area contributed by atoms with Gasteiger partial charge in [0, 0.05) is 24.7 Å². The Balaban J connectivity index is 2.10. The summed E-state index contributed by atoms with van der Waals surface area (Å²) in [6, 6.07) is 0.574. The predicted octanol–water partition coefficient (Wildman–Crippen LogP) is 3.03. The molecule has 0 radical (unpaired) electrons. The summed E-state index contributed by atoms with van der Waals surface area (Å²) in [4.78, 5) is 2.73. The van der Waals surface area contributed by atoms with Crippen LogP contribution < -0.4 is 5.73 Å². The van der Waals surface area contributed by atoms with E-state index in [0.29, 0.717) is 6.04 Å². The molecular weight excluding hydrogens is 248 g/mol. The molecule has 118 valence electrons. The number of morpholine rings is 1. The Labute approximate surface area is 125 Å². The Hall–Kier alpha value is -0.120. The van der Waals surface area contributed by atoms with Crippen molar-refractivity contribution in [2.45, 2.75) is 70.9 Å². The Morgan fingerprint density at radius 3 is 2.85 bits per heavy atom. The van der Waals surface area contributed by atoms with E-state index in [0.717, 1.165) is 38.1 Å². The van der Waals surface area contributed by atoms with Gasteiger partial charge >= 0.3 is 0 Å². The third-order valence-corrected chi connectivity index (χ3v) is 5.42. The van der Waals surface area contributed by atoms with E-state index in [9.17, 15) is 0 Å². The molecule has 20 heavy (non-hydrogen) atoms. The molecule has 0 bridgehead atoms. The van der Waals surface area contributed by atoms with Gasteiger partial charge in [-0.05, 0) is 37.5 Å². The molecule has 0 amide bonds. The zero-order valence-corrected chi connectivity index (χ0v) is 13.7. The van der Waals surface area contributed by atoms with E-state index < -0.39 is 0 Å². The van der Waals surface area contributed by atoms with Crippen molar-refractivity contribution < 1.29 is 4.74 Å². The van der Waals surface area contributed by atoms with Crippen molar-refractivity contribution in [2.24, 2.45) is 17.6 Å². The van der Waals surface area contributed by atoms with E-state index in [1.165, 1.54) is 38.5 Å². The first kappa shape index (κ1) is 16.3. The van der Waals surface area contributed by atoms with Gasteiger partial charge in [-0.25, -0.2) is 0 Å². The number of hydrogen-bond donors (Lipinski definition) is 1. The quantitative estimate of drug-likeness (QED) is 0.842. The van der Waals surface area contributed by atoms with Crippen molar-refractivity contribution in [1.82, 2.24) is 4.90 Å². The number of rotatable bonds is 5. The van der Waals surface area contributed by atoms with Crippen molar-refractivity contribution in [3.63, 3.8) is 0 Å². The molecule has 1 aliphatic carbocycles. The molecule has 0 aromatic carbocycles. The van der Waals surface area contributed by atoms with Crippen LogP contribution in [0.15, 0.2) is 0 Å². The molecule has 2 N–H and O–H groups in total. The highest BCUT2D eigenvalue weighted by atomic mass is 16.5. The van der Waals surface area contributed by atoms with Crippen LogP contribution in [0.5, 0.6) is 0 Å². The van der Waals surface area contributed by atoms with Gasteiger partial charge in [-0.1, -0.05) is 33.6 Å². The fourth-order valence-corrected chi connectivity index (χ4v) is 4.51. The summed E-state index contributed by atoms with van der Waals surface area (Å²) >= 11 is 0. The lowest BCUT2D eigenvalue weighted by Crippen LogP contribution is -2.63. The summed E-state index contributed by atoms with van der Waals surface area (Å²) in [5.74, 6) is 1.67. The Morgan fingerprint density at radius 1 is 1.40 bits per heavy atom. The molecule has 3 heteroatoms. The molecule has 2 rings (SSSR count). The molecule has 3 nitrogen and oxygen atoms in total. The molecule has 1 saturated heterocycles. The third kappa shape index (κ3) is 3.55. The van der Waals surface area contributed by atoms with E-state index in [4.69, 9.17) is 10.5 Å². The molecule has 2 fully saturated rings. The van der Waals surface area contributed by atoms with Crippen LogP contribution in [0.3, 0.4) is 0 Å². The van der Waals surface area contributed by atoms with Gasteiger partial charge in [0.05, 0.1) is 13.2 Å². The maximum Gasteiger partial charge on any atom is 0.0622 e. The van der Waals surface area contributed by atoms with Crippen LogP contribution in [-0.4, -0.2) is 42.8 Å². The van der Waals surface area contributed by atoms with Crippen molar-refractivity contribution in [1.29, 1.82) is 0 Å². The van der Waals surface area contributed by atoms with Crippen LogP contribution in [0.1, 0.15) is 59.3 Å². The first-order valence-corrected chi connectivity index (χ1v) is 8.66. The summed E-state index contributed by atoms with van der Waals surface area (Å²) in [5.41, 5.74) is 6.55. The molecule has 2 aliphatic rings. The maximum atomic E-state index is 6.30. The van der Waals surface area contributed by atoms with E-state index in [2.05, 4.69) is 25.7 Å². The monoisotopic (exact) mass is 282 g/mol. The van der Waals surface area contributed by atoms with Crippen molar-refractivity contribution in [3.05, 3.63) is 0 Å². The smallest absolute Gasteiger partial charge is 0.0622 e. The summed E-state index contributed by atoms with van der Waals surface area (Å²) in [6.07, 6.45) is 7.88. The first-order valence-electron chi connectivity index (χ1n) is 8.66. The fourth-order valence-electron chi connectivity index (χ4n) is 4.51. The second-order valence-electron chi connectivity index (χ2n) is 7.35. The van der Waals surface area contributed by atoms with Gasteiger partial charge in [0.15, 0.2) is 0 Å². The molecular formula is C17H34N2O. The van der Waals surface area contributed by atoms with Gasteiger partial charge < -0.3 is 10.5 Å². The third-order valence-electron chi connectivity index (χ3n) is 5.42. The Bertz CT molecular complexity index is 295. The molecule has 1 saturated carbocycles. The van der Waals surface area contributed by atoms with Crippen LogP contribution >= 0.6 is 0 Å². The molecule has 1 heterocycles. The molecule has 3 atom stereocenters. The van der Waals surface area contributed by atoms with E-state index in [-0.39, 0.29) is 5.54 Å². The lowest BCUT2D eigenvalue weighted by atomic mass is 9.71. The zero-order valence-electron chi connectivity index (χ0n) is 13.7. The summed E-state index contributed by atoms with van der Waals surface area (Å²) in [7, 11) is 0. The topological polar surface area (TPSA) is 38.5 Å². The van der Waals surface area contributed by atoms with Gasteiger partial charge in [-0.2, -0.15) is 0 Å². The van der Waals surface area contributed by atoms with Gasteiger partial charge in [0.1, 0.15) is 0 Å². The second kappa shape index (κ2) is 7.24. The summed E-state index contributed by atoms with van der Waals surface area (Å²) in [5, 5.41) is 0. The number of nitrogens with zero attached hydrogens (tertiary/aromatic N) is 1. The molecule has 3 unspecified atom stereocenters. The lowest BCUT2D eigenvalue weighted by Gasteiger charge is -2.53. The van der Waals surface area contributed by atoms with Gasteiger partial charge in [0.25, 0.3) is 0 Å². The highest BCUT2D eigenvalue weighted by molar-refractivity contribution is 4.99. The minimum Gasteiger partial charge on any atom is -0.378 e. The van der Waals surface area contributed by atoms with Crippen LogP contribution in [-0.2, 0) is 4.74 Å². The van der Waals surface area contributed by atoms with Crippen molar-refractivity contribution >= 4 is 0 Å². The van der Waals surface area contributed by atoms with Crippen LogP contribution in [0.4, 0.5) is 0 Å². The lowest BCUT2D eigenvalue weighted by molar-refractivity contribution is -0.0830. The van der Waals surface area contributed by atoms with Crippen LogP contribution in [0.2, 0.25) is 0 Å². The fraction of sp³-hybridized carbons (Fsp3) is 1.00. The number of ether oxygens (including phenoxy) is 1. The Kier molecular flexibility index (Phi) is 5.88. The Morgan fingerprint density at radius 2 is 2.20 bits per heavy atom. The molecule has 0 aromatic rings. The van der Waals surface area contributed by atoms with E-state index in [1.54, 1.807) is 0 Å². The summed E-state index contributed by atoms with van der Waals surface area (Å²) in [6.45, 7) is 10.7. The van der Waals surface area contributed by atoms with E-state index >= 15 is 0 Å². The highest BCUT2D eigenvalue weighted by Gasteiger charge is 2.43. The van der Waals surface area contributed by atoms with Crippen molar-refractivity contribution in [2.75, 3.05) is 26.3 Å². The normalized spacial score (nSPS) is 36.5. The molecule has 0 spiro atoms. The minimum absolute atomic E-state index is 0.252. The SMILES string of the molecule is CCC1COCCN1C1(CN)CCCC(CC(C)C)C1. The average Bonchev–Trinajstić information content (AvgIpc) is 2.46. The predicted molar refractivity (Wildman–Crippen MR) is 84.8 cm³/mol. The van der Waals surface area contributed by atoms with Gasteiger partial charge in [-0.3, -0.25) is 4.90 Å². The molecule has 1 aliphatic heterocycles. The molecule has 0 aromatic heterocycles. The second-order valence-corrected chi connectivity index (χ2v) is 7.35.